The van der Waals surface area contributed by atoms with Gasteiger partial charge in [0.05, 0.1) is 0 Å². The van der Waals surface area contributed by atoms with Crippen molar-refractivity contribution in [2.45, 2.75) is 19.3 Å². The van der Waals surface area contributed by atoms with Crippen molar-refractivity contribution in [1.82, 2.24) is 15.5 Å². The highest BCUT2D eigenvalue weighted by Gasteiger charge is 2.17. The summed E-state index contributed by atoms with van der Waals surface area (Å²) >= 11 is 1.35. The molecule has 0 unspecified atom stereocenters. The van der Waals surface area contributed by atoms with Crippen LogP contribution in [0.15, 0.2) is 5.51 Å². The first-order valence-electron chi connectivity index (χ1n) is 5.11. The highest BCUT2D eigenvalue weighted by atomic mass is 32.1. The van der Waals surface area contributed by atoms with Gasteiger partial charge in [-0.25, -0.2) is 0 Å². The quantitative estimate of drug-likeness (QED) is 0.802. The maximum Gasteiger partial charge on any atom is 0.226 e. The second kappa shape index (κ2) is 5.18. The Labute approximate surface area is 92.3 Å². The number of carbonyl (C=O) groups excluding carboxylic acids is 1. The van der Waals surface area contributed by atoms with Crippen LogP contribution in [0.25, 0.3) is 0 Å². The van der Waals surface area contributed by atoms with Crippen molar-refractivity contribution < 1.29 is 4.79 Å². The molecular formula is C9H14N4OS. The fourth-order valence-corrected chi connectivity index (χ4v) is 2.21. The number of aromatic nitrogens is 2. The first kappa shape index (κ1) is 10.5. The third-order valence-electron chi connectivity index (χ3n) is 2.54. The van der Waals surface area contributed by atoms with Gasteiger partial charge in [-0.2, -0.15) is 0 Å². The molecule has 1 aromatic heterocycles. The number of rotatable bonds is 3. The molecule has 0 atom stereocenters. The SMILES string of the molecule is O=C(CC1CCNCC1)Nc1nncs1. The van der Waals surface area contributed by atoms with Crippen molar-refractivity contribution in [3.8, 4) is 0 Å². The van der Waals surface area contributed by atoms with Crippen LogP contribution in [0.2, 0.25) is 0 Å². The van der Waals surface area contributed by atoms with Gasteiger partial charge in [-0.1, -0.05) is 11.3 Å². The first-order valence-corrected chi connectivity index (χ1v) is 5.99. The molecular weight excluding hydrogens is 212 g/mol. The smallest absolute Gasteiger partial charge is 0.226 e. The summed E-state index contributed by atoms with van der Waals surface area (Å²) in [6.07, 6.45) is 2.77. The third kappa shape index (κ3) is 3.24. The Kier molecular flexibility index (Phi) is 3.63. The molecule has 1 aliphatic heterocycles. The molecule has 82 valence electrons. The lowest BCUT2D eigenvalue weighted by Gasteiger charge is -2.21. The lowest BCUT2D eigenvalue weighted by molar-refractivity contribution is -0.117. The van der Waals surface area contributed by atoms with E-state index in [0.717, 1.165) is 25.9 Å². The Morgan fingerprint density at radius 2 is 2.40 bits per heavy atom. The molecule has 0 aliphatic carbocycles. The fourth-order valence-electron chi connectivity index (χ4n) is 1.75. The van der Waals surface area contributed by atoms with E-state index in [0.29, 0.717) is 17.5 Å². The molecule has 0 bridgehead atoms. The molecule has 2 heterocycles. The van der Waals surface area contributed by atoms with Gasteiger partial charge in [-0.15, -0.1) is 10.2 Å². The summed E-state index contributed by atoms with van der Waals surface area (Å²) in [7, 11) is 0. The number of hydrogen-bond donors (Lipinski definition) is 2. The minimum atomic E-state index is 0.0543. The van der Waals surface area contributed by atoms with Gasteiger partial charge in [0.15, 0.2) is 0 Å². The zero-order valence-corrected chi connectivity index (χ0v) is 9.22. The summed E-state index contributed by atoms with van der Waals surface area (Å²) in [4.78, 5) is 11.6. The lowest BCUT2D eigenvalue weighted by atomic mass is 9.94. The molecule has 2 rings (SSSR count). The second-order valence-corrected chi connectivity index (χ2v) is 4.52. The number of piperidine rings is 1. The van der Waals surface area contributed by atoms with Crippen molar-refractivity contribution in [2.24, 2.45) is 5.92 Å². The Bertz CT molecular complexity index is 308. The lowest BCUT2D eigenvalue weighted by Crippen LogP contribution is -2.30. The van der Waals surface area contributed by atoms with Crippen molar-refractivity contribution in [3.63, 3.8) is 0 Å². The van der Waals surface area contributed by atoms with E-state index in [2.05, 4.69) is 20.8 Å². The molecule has 1 amide bonds. The maximum absolute atomic E-state index is 11.6. The molecule has 1 saturated heterocycles. The van der Waals surface area contributed by atoms with Crippen LogP contribution in [0.1, 0.15) is 19.3 Å². The largest absolute Gasteiger partial charge is 0.317 e. The molecule has 0 radical (unpaired) electrons. The average molecular weight is 226 g/mol. The monoisotopic (exact) mass is 226 g/mol. The number of amides is 1. The van der Waals surface area contributed by atoms with E-state index in [1.165, 1.54) is 11.3 Å². The standard InChI is InChI=1S/C9H14N4OS/c14-8(12-9-13-11-6-15-9)5-7-1-3-10-4-2-7/h6-7,10H,1-5H2,(H,12,13,14). The summed E-state index contributed by atoms with van der Waals surface area (Å²) in [5.74, 6) is 0.567. The van der Waals surface area contributed by atoms with Gasteiger partial charge in [0.2, 0.25) is 11.0 Å². The van der Waals surface area contributed by atoms with Crippen LogP contribution in [-0.4, -0.2) is 29.2 Å². The molecule has 1 fully saturated rings. The van der Waals surface area contributed by atoms with E-state index in [-0.39, 0.29) is 5.91 Å². The van der Waals surface area contributed by atoms with Crippen LogP contribution in [0.3, 0.4) is 0 Å². The predicted octanol–water partition coefficient (Wildman–Crippen LogP) is 0.866. The topological polar surface area (TPSA) is 66.9 Å². The number of nitrogens with zero attached hydrogens (tertiary/aromatic N) is 2. The first-order chi connectivity index (χ1) is 7.34. The molecule has 0 aromatic carbocycles. The predicted molar refractivity (Wildman–Crippen MR) is 58.7 cm³/mol. The highest BCUT2D eigenvalue weighted by Crippen LogP contribution is 2.17. The van der Waals surface area contributed by atoms with E-state index in [1.54, 1.807) is 5.51 Å². The summed E-state index contributed by atoms with van der Waals surface area (Å²) in [6, 6.07) is 0. The number of carbonyl (C=O) groups is 1. The van der Waals surface area contributed by atoms with Crippen LogP contribution in [0.4, 0.5) is 5.13 Å². The summed E-state index contributed by atoms with van der Waals surface area (Å²) in [5.41, 5.74) is 1.61. The summed E-state index contributed by atoms with van der Waals surface area (Å²) in [6.45, 7) is 2.05. The van der Waals surface area contributed by atoms with Crippen LogP contribution >= 0.6 is 11.3 Å². The summed E-state index contributed by atoms with van der Waals surface area (Å²) < 4.78 is 0. The normalized spacial score (nSPS) is 17.6. The highest BCUT2D eigenvalue weighted by molar-refractivity contribution is 7.13. The van der Waals surface area contributed by atoms with Gasteiger partial charge in [0, 0.05) is 6.42 Å². The van der Waals surface area contributed by atoms with Crippen LogP contribution in [0, 0.1) is 5.92 Å². The summed E-state index contributed by atoms with van der Waals surface area (Å²) in [5, 5.41) is 14.1. The van der Waals surface area contributed by atoms with Crippen LogP contribution < -0.4 is 10.6 Å². The zero-order valence-electron chi connectivity index (χ0n) is 8.40. The fraction of sp³-hybridized carbons (Fsp3) is 0.667. The molecule has 6 heteroatoms. The van der Waals surface area contributed by atoms with E-state index < -0.39 is 0 Å². The Morgan fingerprint density at radius 1 is 1.60 bits per heavy atom. The van der Waals surface area contributed by atoms with E-state index in [1.807, 2.05) is 0 Å². The molecule has 1 aliphatic rings. The number of nitrogens with one attached hydrogen (secondary N) is 2. The Hall–Kier alpha value is -1.01. The van der Waals surface area contributed by atoms with Gasteiger partial charge in [0.25, 0.3) is 0 Å². The van der Waals surface area contributed by atoms with Crippen LogP contribution in [-0.2, 0) is 4.79 Å². The third-order valence-corrected chi connectivity index (χ3v) is 3.15. The molecule has 5 nitrogen and oxygen atoms in total. The maximum atomic E-state index is 11.6. The van der Waals surface area contributed by atoms with Gasteiger partial charge < -0.3 is 10.6 Å². The Morgan fingerprint density at radius 3 is 3.07 bits per heavy atom. The van der Waals surface area contributed by atoms with Crippen LogP contribution in [0.5, 0.6) is 0 Å². The van der Waals surface area contributed by atoms with Crippen molar-refractivity contribution in [1.29, 1.82) is 0 Å². The minimum Gasteiger partial charge on any atom is -0.317 e. The zero-order chi connectivity index (χ0) is 10.5. The molecule has 2 N–H and O–H groups in total. The van der Waals surface area contributed by atoms with E-state index in [4.69, 9.17) is 0 Å². The number of anilines is 1. The second-order valence-electron chi connectivity index (χ2n) is 3.69. The van der Waals surface area contributed by atoms with Crippen molar-refractivity contribution >= 4 is 22.4 Å². The van der Waals surface area contributed by atoms with E-state index >= 15 is 0 Å². The van der Waals surface area contributed by atoms with Crippen molar-refractivity contribution in [2.75, 3.05) is 18.4 Å². The van der Waals surface area contributed by atoms with Gasteiger partial charge in [0.1, 0.15) is 5.51 Å². The van der Waals surface area contributed by atoms with Gasteiger partial charge >= 0.3 is 0 Å². The van der Waals surface area contributed by atoms with E-state index in [9.17, 15) is 4.79 Å². The molecule has 1 aromatic rings. The van der Waals surface area contributed by atoms with Gasteiger partial charge in [-0.3, -0.25) is 4.79 Å². The molecule has 0 saturated carbocycles. The van der Waals surface area contributed by atoms with Crippen molar-refractivity contribution in [3.05, 3.63) is 5.51 Å². The number of hydrogen-bond acceptors (Lipinski definition) is 5. The minimum absolute atomic E-state index is 0.0543. The average Bonchev–Trinajstić information content (AvgIpc) is 2.71. The molecule has 15 heavy (non-hydrogen) atoms. The van der Waals surface area contributed by atoms with Gasteiger partial charge in [-0.05, 0) is 31.8 Å². The Balaban J connectivity index is 1.76. The molecule has 0 spiro atoms.